The summed E-state index contributed by atoms with van der Waals surface area (Å²) >= 11 is 2.65. The molecule has 0 saturated carbocycles. The van der Waals surface area contributed by atoms with E-state index in [1.54, 1.807) is 26.0 Å². The quantitative estimate of drug-likeness (QED) is 0.283. The summed E-state index contributed by atoms with van der Waals surface area (Å²) in [6.07, 6.45) is 1.76. The maximum atomic E-state index is 12.9. The number of amides is 1. The number of allylic oxidation sites excluding steroid dienone is 1. The van der Waals surface area contributed by atoms with Crippen LogP contribution in [0.1, 0.15) is 30.0 Å². The summed E-state index contributed by atoms with van der Waals surface area (Å²) in [6, 6.07) is 11.5. The van der Waals surface area contributed by atoms with Gasteiger partial charge >= 0.3 is 5.97 Å². The van der Waals surface area contributed by atoms with Gasteiger partial charge in [-0.1, -0.05) is 48.2 Å². The van der Waals surface area contributed by atoms with Crippen LogP contribution in [-0.4, -0.2) is 38.5 Å². The molecular formula is C22H24N4O3S2. The Hall–Kier alpha value is -2.91. The first-order chi connectivity index (χ1) is 14.9. The molecule has 0 fully saturated rings. The molecule has 1 atom stereocenters. The number of ether oxygens (including phenoxy) is 1. The van der Waals surface area contributed by atoms with Crippen LogP contribution in [0, 0.1) is 6.92 Å². The Morgan fingerprint density at radius 1 is 1.32 bits per heavy atom. The minimum Gasteiger partial charge on any atom is -0.462 e. The lowest BCUT2D eigenvalue weighted by Gasteiger charge is -2.12. The van der Waals surface area contributed by atoms with Gasteiger partial charge in [-0.3, -0.25) is 4.79 Å². The molecule has 9 heteroatoms. The summed E-state index contributed by atoms with van der Waals surface area (Å²) in [5, 5.41) is 11.8. The van der Waals surface area contributed by atoms with Gasteiger partial charge in [0, 0.05) is 11.4 Å². The molecule has 1 aromatic carbocycles. The Balaban J connectivity index is 1.81. The molecule has 7 nitrogen and oxygen atoms in total. The van der Waals surface area contributed by atoms with Crippen LogP contribution in [0.15, 0.2) is 54.2 Å². The van der Waals surface area contributed by atoms with E-state index in [1.807, 2.05) is 41.8 Å². The van der Waals surface area contributed by atoms with Crippen molar-refractivity contribution in [2.75, 3.05) is 11.9 Å². The molecule has 0 bridgehead atoms. The van der Waals surface area contributed by atoms with Crippen molar-refractivity contribution >= 4 is 40.0 Å². The Labute approximate surface area is 189 Å². The van der Waals surface area contributed by atoms with Crippen molar-refractivity contribution in [1.29, 1.82) is 0 Å². The molecule has 2 aromatic heterocycles. The number of nitrogens with one attached hydrogen (secondary N) is 1. The molecule has 162 valence electrons. The van der Waals surface area contributed by atoms with E-state index in [-0.39, 0.29) is 12.5 Å². The number of thioether (sulfide) groups is 1. The molecule has 1 N–H and O–H groups in total. The lowest BCUT2D eigenvalue weighted by Crippen LogP contribution is -2.23. The Morgan fingerprint density at radius 3 is 2.74 bits per heavy atom. The van der Waals surface area contributed by atoms with Crippen LogP contribution in [-0.2, 0) is 16.1 Å². The van der Waals surface area contributed by atoms with Crippen LogP contribution >= 0.6 is 23.1 Å². The lowest BCUT2D eigenvalue weighted by molar-refractivity contribution is -0.115. The van der Waals surface area contributed by atoms with Crippen LogP contribution in [0.3, 0.4) is 0 Å². The number of hydrogen-bond acceptors (Lipinski definition) is 7. The van der Waals surface area contributed by atoms with Gasteiger partial charge in [0.05, 0.1) is 17.4 Å². The molecule has 2 heterocycles. The van der Waals surface area contributed by atoms with E-state index in [0.717, 1.165) is 16.3 Å². The van der Waals surface area contributed by atoms with Gasteiger partial charge in [-0.05, 0) is 32.4 Å². The number of rotatable bonds is 9. The summed E-state index contributed by atoms with van der Waals surface area (Å²) in [5.41, 5.74) is 1.32. The van der Waals surface area contributed by atoms with Crippen molar-refractivity contribution in [1.82, 2.24) is 14.8 Å². The molecule has 1 unspecified atom stereocenters. The van der Waals surface area contributed by atoms with Gasteiger partial charge in [0.2, 0.25) is 5.91 Å². The Bertz CT molecular complexity index is 1080. The smallest absolute Gasteiger partial charge is 0.341 e. The molecule has 0 saturated heterocycles. The third-order valence-corrected chi connectivity index (χ3v) is 6.57. The third kappa shape index (κ3) is 5.42. The number of aromatic nitrogens is 3. The first-order valence-corrected chi connectivity index (χ1v) is 11.5. The third-order valence-electron chi connectivity index (χ3n) is 4.39. The summed E-state index contributed by atoms with van der Waals surface area (Å²) in [7, 11) is 0. The minimum absolute atomic E-state index is 0.234. The van der Waals surface area contributed by atoms with E-state index >= 15 is 0 Å². The molecule has 0 spiro atoms. The normalized spacial score (nSPS) is 11.7. The van der Waals surface area contributed by atoms with Gasteiger partial charge in [0.25, 0.3) is 0 Å². The van der Waals surface area contributed by atoms with Crippen molar-refractivity contribution in [3.05, 3.63) is 60.4 Å². The van der Waals surface area contributed by atoms with E-state index in [4.69, 9.17) is 4.74 Å². The maximum Gasteiger partial charge on any atom is 0.341 e. The molecule has 0 aliphatic heterocycles. The molecule has 3 rings (SSSR count). The zero-order valence-electron chi connectivity index (χ0n) is 17.6. The van der Waals surface area contributed by atoms with Crippen molar-refractivity contribution in [3.63, 3.8) is 0 Å². The number of hydrogen-bond donors (Lipinski definition) is 1. The fourth-order valence-corrected chi connectivity index (χ4v) is 4.76. The van der Waals surface area contributed by atoms with Crippen LogP contribution in [0.25, 0.3) is 10.4 Å². The van der Waals surface area contributed by atoms with Gasteiger partial charge in [-0.2, -0.15) is 0 Å². The molecule has 31 heavy (non-hydrogen) atoms. The van der Waals surface area contributed by atoms with E-state index in [1.165, 1.54) is 23.1 Å². The number of carbonyl (C=O) groups is 2. The first kappa shape index (κ1) is 22.8. The molecule has 0 radical (unpaired) electrons. The average molecular weight is 457 g/mol. The topological polar surface area (TPSA) is 86.1 Å². The summed E-state index contributed by atoms with van der Waals surface area (Å²) in [4.78, 5) is 26.3. The molecular weight excluding hydrogens is 432 g/mol. The second-order valence-corrected chi connectivity index (χ2v) is 8.98. The highest BCUT2D eigenvalue weighted by molar-refractivity contribution is 8.00. The van der Waals surface area contributed by atoms with Gasteiger partial charge in [-0.15, -0.1) is 28.1 Å². The Morgan fingerprint density at radius 2 is 2.06 bits per heavy atom. The highest BCUT2D eigenvalue weighted by atomic mass is 32.2. The number of anilines is 1. The van der Waals surface area contributed by atoms with Gasteiger partial charge in [0.1, 0.15) is 10.8 Å². The van der Waals surface area contributed by atoms with Crippen LogP contribution < -0.4 is 5.32 Å². The number of esters is 1. The van der Waals surface area contributed by atoms with Crippen molar-refractivity contribution in [2.45, 2.75) is 37.7 Å². The fourth-order valence-electron chi connectivity index (χ4n) is 2.80. The lowest BCUT2D eigenvalue weighted by atomic mass is 10.1. The zero-order chi connectivity index (χ0) is 22.4. The fraction of sp³-hybridized carbons (Fsp3) is 0.273. The van der Waals surface area contributed by atoms with E-state index in [9.17, 15) is 9.59 Å². The van der Waals surface area contributed by atoms with Gasteiger partial charge in [0.15, 0.2) is 5.16 Å². The van der Waals surface area contributed by atoms with E-state index < -0.39 is 11.2 Å². The number of nitrogens with zero attached hydrogens (tertiary/aromatic N) is 3. The van der Waals surface area contributed by atoms with E-state index in [0.29, 0.717) is 22.3 Å². The van der Waals surface area contributed by atoms with Gasteiger partial charge < -0.3 is 14.6 Å². The molecule has 0 aliphatic carbocycles. The Kier molecular flexibility index (Phi) is 7.64. The molecule has 3 aromatic rings. The first-order valence-electron chi connectivity index (χ1n) is 9.79. The highest BCUT2D eigenvalue weighted by Crippen LogP contribution is 2.36. The molecule has 0 aliphatic rings. The zero-order valence-corrected chi connectivity index (χ0v) is 19.3. The van der Waals surface area contributed by atoms with Crippen molar-refractivity contribution < 1.29 is 14.3 Å². The average Bonchev–Trinajstić information content (AvgIpc) is 3.33. The number of thiophene rings is 1. The van der Waals surface area contributed by atoms with Crippen molar-refractivity contribution in [3.8, 4) is 10.4 Å². The molecule has 1 amide bonds. The minimum atomic E-state index is -0.460. The standard InChI is InChI=1S/C22H24N4O3S2/c1-5-12-26-15(4)24-25-22(26)30-14(3)19(27)23-20-17(21(28)29-6-2)13-18(31-20)16-10-8-7-9-11-16/h5,7-11,13-14H,1,6,12H2,2-4H3,(H,23,27). The summed E-state index contributed by atoms with van der Waals surface area (Å²) < 4.78 is 7.07. The predicted molar refractivity (Wildman–Crippen MR) is 125 cm³/mol. The van der Waals surface area contributed by atoms with E-state index in [2.05, 4.69) is 22.1 Å². The maximum absolute atomic E-state index is 12.9. The van der Waals surface area contributed by atoms with Crippen LogP contribution in [0.4, 0.5) is 5.00 Å². The van der Waals surface area contributed by atoms with Gasteiger partial charge in [-0.25, -0.2) is 4.79 Å². The number of aryl methyl sites for hydroxylation is 1. The van der Waals surface area contributed by atoms with Crippen LogP contribution in [0.2, 0.25) is 0 Å². The largest absolute Gasteiger partial charge is 0.462 e. The second-order valence-electron chi connectivity index (χ2n) is 6.62. The highest BCUT2D eigenvalue weighted by Gasteiger charge is 2.24. The summed E-state index contributed by atoms with van der Waals surface area (Å²) in [6.45, 7) is 9.96. The predicted octanol–water partition coefficient (Wildman–Crippen LogP) is 4.80. The second kappa shape index (κ2) is 10.4. The summed E-state index contributed by atoms with van der Waals surface area (Å²) in [5.74, 6) is 0.0612. The van der Waals surface area contributed by atoms with Crippen LogP contribution in [0.5, 0.6) is 0 Å². The number of carbonyl (C=O) groups excluding carboxylic acids is 2. The monoisotopic (exact) mass is 456 g/mol. The van der Waals surface area contributed by atoms with Crippen molar-refractivity contribution in [2.24, 2.45) is 0 Å². The SMILES string of the molecule is C=CCn1c(C)nnc1SC(C)C(=O)Nc1sc(-c2ccccc2)cc1C(=O)OCC. The number of benzene rings is 1.